The van der Waals surface area contributed by atoms with Crippen LogP contribution in [0.4, 0.5) is 17.3 Å². The molecule has 6 heteroatoms. The highest BCUT2D eigenvalue weighted by atomic mass is 16.2. The predicted molar refractivity (Wildman–Crippen MR) is 103 cm³/mol. The first-order chi connectivity index (χ1) is 13.2. The average molecular weight is 355 g/mol. The Morgan fingerprint density at radius 3 is 2.63 bits per heavy atom. The fraction of sp³-hybridized carbons (Fsp3) is 0.143. The van der Waals surface area contributed by atoms with E-state index < -0.39 is 0 Å². The smallest absolute Gasteiger partial charge is 0.261 e. The summed E-state index contributed by atoms with van der Waals surface area (Å²) in [4.78, 5) is 23.3. The molecule has 132 valence electrons. The number of amides is 1. The Balaban J connectivity index is 1.56. The lowest BCUT2D eigenvalue weighted by Gasteiger charge is -2.22. The van der Waals surface area contributed by atoms with Gasteiger partial charge >= 0.3 is 0 Å². The topological polar surface area (TPSA) is 81.9 Å². The Kier molecular flexibility index (Phi) is 4.27. The maximum absolute atomic E-state index is 13.0. The molecule has 4 rings (SSSR count). The van der Waals surface area contributed by atoms with Crippen LogP contribution in [0.3, 0.4) is 0 Å². The molecule has 1 aliphatic rings. The molecule has 0 aliphatic carbocycles. The largest absolute Gasteiger partial charge is 0.323 e. The van der Waals surface area contributed by atoms with Crippen molar-refractivity contribution in [2.45, 2.75) is 19.4 Å². The minimum absolute atomic E-state index is 0.0928. The molecular formula is C21H17N5O. The average Bonchev–Trinajstić information content (AvgIpc) is 3.04. The fourth-order valence-corrected chi connectivity index (χ4v) is 3.33. The molecule has 1 unspecified atom stereocenters. The molecule has 0 radical (unpaired) electrons. The van der Waals surface area contributed by atoms with E-state index in [-0.39, 0.29) is 11.9 Å². The molecule has 27 heavy (non-hydrogen) atoms. The van der Waals surface area contributed by atoms with Gasteiger partial charge in [-0.3, -0.25) is 4.79 Å². The van der Waals surface area contributed by atoms with Gasteiger partial charge in [-0.15, -0.1) is 0 Å². The summed E-state index contributed by atoms with van der Waals surface area (Å²) in [7, 11) is 0. The van der Waals surface area contributed by atoms with Crippen LogP contribution in [0.5, 0.6) is 0 Å². The van der Waals surface area contributed by atoms with Gasteiger partial charge in [0.1, 0.15) is 6.07 Å². The third kappa shape index (κ3) is 3.11. The van der Waals surface area contributed by atoms with Gasteiger partial charge in [0.25, 0.3) is 5.91 Å². The molecule has 0 saturated carbocycles. The first-order valence-corrected chi connectivity index (χ1v) is 8.67. The molecule has 0 spiro atoms. The number of hydrogen-bond donors (Lipinski definition) is 1. The Bertz CT molecular complexity index is 1040. The second kappa shape index (κ2) is 6.89. The van der Waals surface area contributed by atoms with Crippen LogP contribution in [0.1, 0.15) is 28.4 Å². The van der Waals surface area contributed by atoms with E-state index in [1.165, 1.54) is 18.0 Å². The third-order valence-electron chi connectivity index (χ3n) is 4.62. The maximum Gasteiger partial charge on any atom is 0.261 e. The fourth-order valence-electron chi connectivity index (χ4n) is 3.33. The van der Waals surface area contributed by atoms with Gasteiger partial charge in [-0.25, -0.2) is 9.97 Å². The molecule has 1 atom stereocenters. The summed E-state index contributed by atoms with van der Waals surface area (Å²) in [6.07, 6.45) is 3.87. The minimum atomic E-state index is -0.114. The number of aromatic nitrogens is 2. The quantitative estimate of drug-likeness (QED) is 0.775. The van der Waals surface area contributed by atoms with Crippen molar-refractivity contribution < 1.29 is 4.79 Å². The summed E-state index contributed by atoms with van der Waals surface area (Å²) in [6, 6.07) is 17.3. The van der Waals surface area contributed by atoms with Crippen molar-refractivity contribution in [1.82, 2.24) is 9.97 Å². The van der Waals surface area contributed by atoms with Gasteiger partial charge in [0, 0.05) is 24.1 Å². The molecule has 1 aliphatic heterocycles. The normalized spacial score (nSPS) is 15.1. The molecule has 0 bridgehead atoms. The lowest BCUT2D eigenvalue weighted by atomic mass is 10.1. The summed E-state index contributed by atoms with van der Waals surface area (Å²) in [5, 5.41) is 12.2. The van der Waals surface area contributed by atoms with Crippen molar-refractivity contribution in [2.24, 2.45) is 0 Å². The van der Waals surface area contributed by atoms with Gasteiger partial charge in [0.05, 0.1) is 16.8 Å². The zero-order valence-electron chi connectivity index (χ0n) is 14.8. The van der Waals surface area contributed by atoms with Gasteiger partial charge in [0.15, 0.2) is 0 Å². The third-order valence-corrected chi connectivity index (χ3v) is 4.62. The number of hydrogen-bond acceptors (Lipinski definition) is 5. The van der Waals surface area contributed by atoms with E-state index in [4.69, 9.17) is 5.26 Å². The summed E-state index contributed by atoms with van der Waals surface area (Å²) in [5.74, 6) is 0.223. The van der Waals surface area contributed by atoms with Crippen LogP contribution < -0.4 is 10.2 Å². The van der Waals surface area contributed by atoms with E-state index in [0.717, 1.165) is 12.1 Å². The molecule has 1 aromatic heterocycles. The van der Waals surface area contributed by atoms with E-state index in [9.17, 15) is 4.79 Å². The Labute approximate surface area is 157 Å². The standard InChI is InChI=1S/C21H17N5O/c1-14-10-15-6-3-5-9-19(15)26(14)20(27)17-12-23-21(24-13-17)25-18-8-4-2-7-16(18)11-22/h2-9,12-14H,10H2,1H3,(H,23,24,25). The highest BCUT2D eigenvalue weighted by Gasteiger charge is 2.31. The molecule has 1 N–H and O–H groups in total. The minimum Gasteiger partial charge on any atom is -0.323 e. The number of nitrogens with one attached hydrogen (secondary N) is 1. The van der Waals surface area contributed by atoms with Gasteiger partial charge in [-0.1, -0.05) is 30.3 Å². The summed E-state index contributed by atoms with van der Waals surface area (Å²) in [6.45, 7) is 2.04. The van der Waals surface area contributed by atoms with Crippen molar-refractivity contribution in [1.29, 1.82) is 5.26 Å². The second-order valence-electron chi connectivity index (χ2n) is 6.43. The van der Waals surface area contributed by atoms with Crippen molar-refractivity contribution in [3.8, 4) is 6.07 Å². The van der Waals surface area contributed by atoms with Crippen LogP contribution in [-0.2, 0) is 6.42 Å². The van der Waals surface area contributed by atoms with Gasteiger partial charge < -0.3 is 10.2 Å². The summed E-state index contributed by atoms with van der Waals surface area (Å²) >= 11 is 0. The first kappa shape index (κ1) is 16.7. The van der Waals surface area contributed by atoms with Crippen molar-refractivity contribution in [3.05, 3.63) is 77.6 Å². The molecule has 1 amide bonds. The van der Waals surface area contributed by atoms with E-state index in [2.05, 4.69) is 27.4 Å². The number of para-hydroxylation sites is 2. The van der Waals surface area contributed by atoms with E-state index in [0.29, 0.717) is 22.8 Å². The van der Waals surface area contributed by atoms with Gasteiger partial charge in [0.2, 0.25) is 5.95 Å². The summed E-state index contributed by atoms with van der Waals surface area (Å²) in [5.41, 5.74) is 3.67. The molecule has 2 aromatic carbocycles. The van der Waals surface area contributed by atoms with Crippen molar-refractivity contribution in [2.75, 3.05) is 10.2 Å². The SMILES string of the molecule is CC1Cc2ccccc2N1C(=O)c1cnc(Nc2ccccc2C#N)nc1. The molecule has 6 nitrogen and oxygen atoms in total. The maximum atomic E-state index is 13.0. The van der Waals surface area contributed by atoms with Crippen LogP contribution in [0.25, 0.3) is 0 Å². The van der Waals surface area contributed by atoms with Crippen molar-refractivity contribution in [3.63, 3.8) is 0 Å². The summed E-state index contributed by atoms with van der Waals surface area (Å²) < 4.78 is 0. The van der Waals surface area contributed by atoms with Crippen LogP contribution in [0, 0.1) is 11.3 Å². The Morgan fingerprint density at radius 1 is 1.15 bits per heavy atom. The van der Waals surface area contributed by atoms with Gasteiger partial charge in [-0.2, -0.15) is 5.26 Å². The number of carbonyl (C=O) groups is 1. The number of nitriles is 1. The predicted octanol–water partition coefficient (Wildman–Crippen LogP) is 3.68. The number of anilines is 3. The van der Waals surface area contributed by atoms with E-state index in [1.807, 2.05) is 31.2 Å². The molecule has 3 aromatic rings. The lowest BCUT2D eigenvalue weighted by molar-refractivity contribution is 0.0981. The van der Waals surface area contributed by atoms with Crippen LogP contribution in [0.15, 0.2) is 60.9 Å². The highest BCUT2D eigenvalue weighted by molar-refractivity contribution is 6.07. The first-order valence-electron chi connectivity index (χ1n) is 8.67. The highest BCUT2D eigenvalue weighted by Crippen LogP contribution is 2.33. The van der Waals surface area contributed by atoms with Crippen molar-refractivity contribution >= 4 is 23.2 Å². The number of nitrogens with zero attached hydrogens (tertiary/aromatic N) is 4. The number of benzene rings is 2. The van der Waals surface area contributed by atoms with Gasteiger partial charge in [-0.05, 0) is 37.1 Å². The number of fused-ring (bicyclic) bond motifs is 1. The molecular weight excluding hydrogens is 338 g/mol. The Morgan fingerprint density at radius 2 is 1.85 bits per heavy atom. The van der Waals surface area contributed by atoms with E-state index in [1.54, 1.807) is 23.1 Å². The molecule has 0 saturated heterocycles. The van der Waals surface area contributed by atoms with Crippen LogP contribution in [-0.4, -0.2) is 21.9 Å². The molecule has 0 fully saturated rings. The second-order valence-corrected chi connectivity index (χ2v) is 6.43. The van der Waals surface area contributed by atoms with Crippen LogP contribution >= 0.6 is 0 Å². The zero-order chi connectivity index (χ0) is 18.8. The number of carbonyl (C=O) groups excluding carboxylic acids is 1. The number of rotatable bonds is 3. The lowest BCUT2D eigenvalue weighted by Crippen LogP contribution is -2.35. The monoisotopic (exact) mass is 355 g/mol. The Hall–Kier alpha value is -3.72. The van der Waals surface area contributed by atoms with E-state index >= 15 is 0 Å². The van der Waals surface area contributed by atoms with Crippen LogP contribution in [0.2, 0.25) is 0 Å². The molecule has 2 heterocycles. The zero-order valence-corrected chi connectivity index (χ0v) is 14.8.